The van der Waals surface area contributed by atoms with Crippen LogP contribution in [0.4, 0.5) is 0 Å². The van der Waals surface area contributed by atoms with Crippen molar-refractivity contribution in [1.82, 2.24) is 0 Å². The van der Waals surface area contributed by atoms with Crippen LogP contribution >= 0.6 is 0 Å². The molecule has 1 unspecified atom stereocenters. The molecule has 0 saturated carbocycles. The van der Waals surface area contributed by atoms with Crippen LogP contribution in [0.15, 0.2) is 15.3 Å². The van der Waals surface area contributed by atoms with E-state index in [-0.39, 0.29) is 22.9 Å². The third-order valence-corrected chi connectivity index (χ3v) is 5.49. The van der Waals surface area contributed by atoms with E-state index in [1.54, 1.807) is 0 Å². The van der Waals surface area contributed by atoms with Crippen molar-refractivity contribution in [3.8, 4) is 5.75 Å². The van der Waals surface area contributed by atoms with Gasteiger partial charge >= 0.3 is 5.63 Å². The zero-order chi connectivity index (χ0) is 19.5. The van der Waals surface area contributed by atoms with E-state index in [2.05, 4.69) is 32.9 Å². The molecule has 2 heterocycles. The van der Waals surface area contributed by atoms with Crippen LogP contribution in [0.25, 0.3) is 17.0 Å². The first kappa shape index (κ1) is 18.0. The molecule has 142 valence electrons. The zero-order valence-corrected chi connectivity index (χ0v) is 16.7. The summed E-state index contributed by atoms with van der Waals surface area (Å²) in [4.78, 5) is 25.4. The Morgan fingerprint density at radius 2 is 1.81 bits per heavy atom. The highest BCUT2D eigenvalue weighted by Gasteiger charge is 2.33. The Bertz CT molecular complexity index is 1050. The summed E-state index contributed by atoms with van der Waals surface area (Å²) in [6.07, 6.45) is 6.85. The summed E-state index contributed by atoms with van der Waals surface area (Å²) in [5.74, 6) is 0.547. The molecule has 0 bridgehead atoms. The van der Waals surface area contributed by atoms with Gasteiger partial charge in [-0.3, -0.25) is 4.79 Å². The molecule has 4 heteroatoms. The largest absolute Gasteiger partial charge is 0.489 e. The van der Waals surface area contributed by atoms with Gasteiger partial charge in [0.2, 0.25) is 0 Å². The minimum atomic E-state index is -0.305. The Balaban J connectivity index is 2.14. The maximum atomic E-state index is 12.9. The highest BCUT2D eigenvalue weighted by Crippen LogP contribution is 2.43. The Labute approximate surface area is 159 Å². The van der Waals surface area contributed by atoms with Gasteiger partial charge in [-0.2, -0.15) is 0 Å². The number of Topliss-reactive ketones (excluding diaryl/α,β-unsaturated/α-hetero) is 1. The van der Waals surface area contributed by atoms with E-state index in [4.69, 9.17) is 9.15 Å². The van der Waals surface area contributed by atoms with Crippen molar-refractivity contribution in [2.45, 2.75) is 66.4 Å². The number of hydrogen-bond donors (Lipinski definition) is 0. The molecule has 0 spiro atoms. The summed E-state index contributed by atoms with van der Waals surface area (Å²) in [7, 11) is 0. The number of carbonyl (C=O) groups excluding carboxylic acids is 1. The first-order chi connectivity index (χ1) is 12.7. The monoisotopic (exact) mass is 366 g/mol. The van der Waals surface area contributed by atoms with Crippen molar-refractivity contribution in [2.24, 2.45) is 5.41 Å². The van der Waals surface area contributed by atoms with Crippen LogP contribution in [0.1, 0.15) is 73.1 Å². The van der Waals surface area contributed by atoms with Crippen LogP contribution in [0.5, 0.6) is 5.75 Å². The van der Waals surface area contributed by atoms with Gasteiger partial charge in [0.15, 0.2) is 11.4 Å². The van der Waals surface area contributed by atoms with E-state index in [0.717, 1.165) is 46.9 Å². The van der Waals surface area contributed by atoms with Crippen LogP contribution < -0.4 is 10.4 Å². The molecule has 4 nitrogen and oxygen atoms in total. The zero-order valence-electron chi connectivity index (χ0n) is 16.7. The van der Waals surface area contributed by atoms with Crippen molar-refractivity contribution in [1.29, 1.82) is 0 Å². The normalized spacial score (nSPS) is 19.4. The molecular formula is C23H26O4. The molecule has 1 aromatic heterocycles. The lowest BCUT2D eigenvalue weighted by Gasteiger charge is -2.27. The number of carbonyl (C=O) groups is 1. The molecule has 1 aliphatic heterocycles. The summed E-state index contributed by atoms with van der Waals surface area (Å²) in [5, 5.41) is 0.931. The third kappa shape index (κ3) is 2.91. The van der Waals surface area contributed by atoms with Gasteiger partial charge in [-0.05, 0) is 49.7 Å². The van der Waals surface area contributed by atoms with E-state index < -0.39 is 0 Å². The SMILES string of the molecule is Cc1c(/C=C\C(C)(C)C)c2c(c3oc(=O)c4c(c13)CCC4)C(=O)CC(C)O2. The second kappa shape index (κ2) is 6.08. The highest BCUT2D eigenvalue weighted by molar-refractivity contribution is 6.12. The molecule has 2 aliphatic rings. The summed E-state index contributed by atoms with van der Waals surface area (Å²) in [5.41, 5.74) is 4.33. The predicted octanol–water partition coefficient (Wildman–Crippen LogP) is 5.00. The molecule has 0 N–H and O–H groups in total. The Morgan fingerprint density at radius 1 is 1.11 bits per heavy atom. The summed E-state index contributed by atoms with van der Waals surface area (Å²) in [6.45, 7) is 10.3. The van der Waals surface area contributed by atoms with E-state index >= 15 is 0 Å². The van der Waals surface area contributed by atoms with Crippen molar-refractivity contribution < 1.29 is 13.9 Å². The van der Waals surface area contributed by atoms with Crippen LogP contribution in [-0.2, 0) is 12.8 Å². The number of fused-ring (bicyclic) bond motifs is 5. The molecule has 1 atom stereocenters. The van der Waals surface area contributed by atoms with Gasteiger partial charge in [0.05, 0.1) is 0 Å². The maximum absolute atomic E-state index is 12.9. The van der Waals surface area contributed by atoms with Crippen LogP contribution in [-0.4, -0.2) is 11.9 Å². The van der Waals surface area contributed by atoms with Gasteiger partial charge in [-0.25, -0.2) is 4.79 Å². The summed E-state index contributed by atoms with van der Waals surface area (Å²) >= 11 is 0. The van der Waals surface area contributed by atoms with E-state index in [0.29, 0.717) is 23.3 Å². The van der Waals surface area contributed by atoms with Crippen LogP contribution in [0, 0.1) is 12.3 Å². The molecule has 1 aliphatic carbocycles. The standard InChI is InChI=1S/C23H26O4/c1-12-11-17(24)19-20(26-12)14(9-10-23(3,4)5)13(2)18-15-7-6-8-16(15)22(25)27-21(18)19/h9-10,12H,6-8,11H2,1-5H3/b10-9-. The van der Waals surface area contributed by atoms with Gasteiger partial charge < -0.3 is 9.15 Å². The Kier molecular flexibility index (Phi) is 4.06. The number of ketones is 1. The predicted molar refractivity (Wildman–Crippen MR) is 107 cm³/mol. The van der Waals surface area contributed by atoms with Crippen molar-refractivity contribution in [2.75, 3.05) is 0 Å². The summed E-state index contributed by atoms with van der Waals surface area (Å²) < 4.78 is 11.8. The Hall–Kier alpha value is -2.36. The Morgan fingerprint density at radius 3 is 2.52 bits per heavy atom. The minimum absolute atomic E-state index is 0.00374. The van der Waals surface area contributed by atoms with Gasteiger partial charge in [-0.1, -0.05) is 32.9 Å². The minimum Gasteiger partial charge on any atom is -0.489 e. The quantitative estimate of drug-likeness (QED) is 0.666. The number of benzene rings is 1. The fourth-order valence-electron chi connectivity index (χ4n) is 4.22. The van der Waals surface area contributed by atoms with Gasteiger partial charge in [0.1, 0.15) is 17.4 Å². The van der Waals surface area contributed by atoms with Gasteiger partial charge in [-0.15, -0.1) is 0 Å². The van der Waals surface area contributed by atoms with Crippen molar-refractivity contribution >= 4 is 22.8 Å². The first-order valence-corrected chi connectivity index (χ1v) is 9.71. The number of allylic oxidation sites excluding steroid dienone is 1. The number of ether oxygens (including phenoxy) is 1. The smallest absolute Gasteiger partial charge is 0.339 e. The van der Waals surface area contributed by atoms with E-state index in [1.165, 1.54) is 0 Å². The van der Waals surface area contributed by atoms with Crippen LogP contribution in [0.3, 0.4) is 0 Å². The topological polar surface area (TPSA) is 56.5 Å². The molecular weight excluding hydrogens is 340 g/mol. The molecule has 1 aromatic carbocycles. The molecule has 0 radical (unpaired) electrons. The molecule has 27 heavy (non-hydrogen) atoms. The second-order valence-electron chi connectivity index (χ2n) is 8.90. The first-order valence-electron chi connectivity index (χ1n) is 9.71. The third-order valence-electron chi connectivity index (χ3n) is 5.49. The van der Waals surface area contributed by atoms with Crippen molar-refractivity contribution in [3.05, 3.63) is 44.3 Å². The number of rotatable bonds is 1. The molecule has 4 rings (SSSR count). The van der Waals surface area contributed by atoms with E-state index in [9.17, 15) is 9.59 Å². The fourth-order valence-corrected chi connectivity index (χ4v) is 4.22. The lowest BCUT2D eigenvalue weighted by molar-refractivity contribution is 0.0871. The average Bonchev–Trinajstić information content (AvgIpc) is 3.02. The van der Waals surface area contributed by atoms with Crippen LogP contribution in [0.2, 0.25) is 0 Å². The highest BCUT2D eigenvalue weighted by atomic mass is 16.5. The molecule has 2 aromatic rings. The summed E-state index contributed by atoms with van der Waals surface area (Å²) in [6, 6.07) is 0. The van der Waals surface area contributed by atoms with Crippen molar-refractivity contribution in [3.63, 3.8) is 0 Å². The number of aryl methyl sites for hydroxylation is 2. The lowest BCUT2D eigenvalue weighted by Crippen LogP contribution is -2.26. The van der Waals surface area contributed by atoms with E-state index in [1.807, 2.05) is 13.8 Å². The fraction of sp³-hybridized carbons (Fsp3) is 0.478. The molecule has 0 fully saturated rings. The molecule has 0 amide bonds. The van der Waals surface area contributed by atoms with Gasteiger partial charge in [0.25, 0.3) is 0 Å². The average molecular weight is 366 g/mol. The lowest BCUT2D eigenvalue weighted by atomic mass is 9.88. The maximum Gasteiger partial charge on any atom is 0.339 e. The van der Waals surface area contributed by atoms with Gasteiger partial charge in [0, 0.05) is 22.9 Å². The number of hydrogen-bond acceptors (Lipinski definition) is 4. The molecule has 0 saturated heterocycles. The second-order valence-corrected chi connectivity index (χ2v) is 8.90.